The molecule has 0 fully saturated rings. The van der Waals surface area contributed by atoms with Crippen molar-refractivity contribution in [1.82, 2.24) is 0 Å². The van der Waals surface area contributed by atoms with E-state index in [0.29, 0.717) is 5.75 Å². The van der Waals surface area contributed by atoms with Crippen LogP contribution in [0, 0.1) is 0 Å². The first-order chi connectivity index (χ1) is 7.16. The van der Waals surface area contributed by atoms with E-state index < -0.39 is 15.4 Å². The second-order valence-electron chi connectivity index (χ2n) is 4.36. The zero-order valence-corrected chi connectivity index (χ0v) is 10.8. The van der Waals surface area contributed by atoms with E-state index in [1.54, 1.807) is 12.1 Å². The molecular formula is C11H17NO3S. The van der Waals surface area contributed by atoms with Gasteiger partial charge in [0.25, 0.3) is 0 Å². The summed E-state index contributed by atoms with van der Waals surface area (Å²) in [6.07, 6.45) is 1.15. The third-order valence-corrected chi connectivity index (χ3v) is 3.44. The van der Waals surface area contributed by atoms with Gasteiger partial charge in [-0.05, 0) is 31.5 Å². The maximum Gasteiger partial charge on any atom is 0.179 e. The summed E-state index contributed by atoms with van der Waals surface area (Å²) in [5, 5.41) is 0. The van der Waals surface area contributed by atoms with Gasteiger partial charge in [0.15, 0.2) is 9.84 Å². The van der Waals surface area contributed by atoms with Gasteiger partial charge in [0, 0.05) is 11.8 Å². The fraction of sp³-hybridized carbons (Fsp3) is 0.455. The predicted molar refractivity (Wildman–Crippen MR) is 63.3 cm³/mol. The minimum Gasteiger partial charge on any atom is -0.495 e. The van der Waals surface area contributed by atoms with Crippen LogP contribution in [0.2, 0.25) is 0 Å². The summed E-state index contributed by atoms with van der Waals surface area (Å²) in [5.74, 6) is 0.332. The highest BCUT2D eigenvalue weighted by atomic mass is 32.2. The summed E-state index contributed by atoms with van der Waals surface area (Å²) < 4.78 is 28.0. The number of rotatable bonds is 3. The van der Waals surface area contributed by atoms with Gasteiger partial charge in [-0.15, -0.1) is 0 Å². The minimum absolute atomic E-state index is 0.183. The van der Waals surface area contributed by atoms with E-state index in [1.807, 2.05) is 13.8 Å². The monoisotopic (exact) mass is 243 g/mol. The van der Waals surface area contributed by atoms with Crippen LogP contribution in [0.25, 0.3) is 0 Å². The lowest BCUT2D eigenvalue weighted by Gasteiger charge is -2.20. The Kier molecular flexibility index (Phi) is 3.30. The Balaban J connectivity index is 3.40. The summed E-state index contributed by atoms with van der Waals surface area (Å²) in [6.45, 7) is 3.70. The molecule has 0 atom stereocenters. The standard InChI is InChI=1S/C11H17NO3S/c1-11(2,12)8-5-6-10(16(4,13)14)9(7-8)15-3/h5-7H,12H2,1-4H3. The number of sulfone groups is 1. The van der Waals surface area contributed by atoms with Crippen molar-refractivity contribution in [2.45, 2.75) is 24.3 Å². The van der Waals surface area contributed by atoms with Crippen LogP contribution in [0.5, 0.6) is 5.75 Å². The van der Waals surface area contributed by atoms with Gasteiger partial charge >= 0.3 is 0 Å². The number of ether oxygens (including phenoxy) is 1. The van der Waals surface area contributed by atoms with Gasteiger partial charge in [-0.25, -0.2) is 8.42 Å². The van der Waals surface area contributed by atoms with Crippen LogP contribution in [-0.2, 0) is 15.4 Å². The van der Waals surface area contributed by atoms with Crippen molar-refractivity contribution >= 4 is 9.84 Å². The number of methoxy groups -OCH3 is 1. The first kappa shape index (κ1) is 13.0. The van der Waals surface area contributed by atoms with Crippen molar-refractivity contribution in [3.05, 3.63) is 23.8 Å². The van der Waals surface area contributed by atoms with Crippen LogP contribution < -0.4 is 10.5 Å². The van der Waals surface area contributed by atoms with E-state index >= 15 is 0 Å². The van der Waals surface area contributed by atoms with Crippen LogP contribution >= 0.6 is 0 Å². The number of benzene rings is 1. The Hall–Kier alpha value is -1.07. The topological polar surface area (TPSA) is 69.4 Å². The van der Waals surface area contributed by atoms with Crippen LogP contribution in [0.1, 0.15) is 19.4 Å². The van der Waals surface area contributed by atoms with Gasteiger partial charge in [-0.1, -0.05) is 6.07 Å². The maximum absolute atomic E-state index is 11.5. The molecule has 90 valence electrons. The van der Waals surface area contributed by atoms with Crippen molar-refractivity contribution in [3.8, 4) is 5.75 Å². The first-order valence-corrected chi connectivity index (χ1v) is 6.73. The zero-order chi connectivity index (χ0) is 12.6. The number of hydrogen-bond donors (Lipinski definition) is 1. The van der Waals surface area contributed by atoms with E-state index in [9.17, 15) is 8.42 Å². The largest absolute Gasteiger partial charge is 0.495 e. The molecule has 0 unspecified atom stereocenters. The van der Waals surface area contributed by atoms with Gasteiger partial charge in [-0.3, -0.25) is 0 Å². The molecule has 16 heavy (non-hydrogen) atoms. The number of nitrogens with two attached hydrogens (primary N) is 1. The molecule has 5 heteroatoms. The summed E-state index contributed by atoms with van der Waals surface area (Å²) in [5.41, 5.74) is 6.24. The second kappa shape index (κ2) is 4.07. The van der Waals surface area contributed by atoms with Gasteiger partial charge < -0.3 is 10.5 Å². The smallest absolute Gasteiger partial charge is 0.179 e. The van der Waals surface area contributed by atoms with E-state index in [-0.39, 0.29) is 4.90 Å². The summed E-state index contributed by atoms with van der Waals surface area (Å²) in [6, 6.07) is 4.90. The second-order valence-corrected chi connectivity index (χ2v) is 6.34. The Morgan fingerprint density at radius 3 is 2.25 bits per heavy atom. The molecule has 1 rings (SSSR count). The molecule has 0 heterocycles. The molecule has 0 aliphatic carbocycles. The number of hydrogen-bond acceptors (Lipinski definition) is 4. The Bertz CT molecular complexity index is 486. The molecule has 0 saturated carbocycles. The summed E-state index contributed by atoms with van der Waals surface area (Å²) in [4.78, 5) is 0.183. The molecule has 2 N–H and O–H groups in total. The highest BCUT2D eigenvalue weighted by molar-refractivity contribution is 7.90. The molecule has 0 saturated heterocycles. The van der Waals surface area contributed by atoms with Crippen molar-refractivity contribution in [2.75, 3.05) is 13.4 Å². The fourth-order valence-corrected chi connectivity index (χ4v) is 2.20. The van der Waals surface area contributed by atoms with Gasteiger partial charge in [-0.2, -0.15) is 0 Å². The molecule has 4 nitrogen and oxygen atoms in total. The molecule has 0 bridgehead atoms. The highest BCUT2D eigenvalue weighted by Crippen LogP contribution is 2.28. The molecule has 0 spiro atoms. The van der Waals surface area contributed by atoms with Gasteiger partial charge in [0.1, 0.15) is 10.6 Å². The SMILES string of the molecule is COc1cc(C(C)(C)N)ccc1S(C)(=O)=O. The normalized spacial score (nSPS) is 12.6. The lowest BCUT2D eigenvalue weighted by atomic mass is 9.96. The van der Waals surface area contributed by atoms with Crippen molar-refractivity contribution in [2.24, 2.45) is 5.73 Å². The summed E-state index contributed by atoms with van der Waals surface area (Å²) >= 11 is 0. The maximum atomic E-state index is 11.5. The van der Waals surface area contributed by atoms with Crippen molar-refractivity contribution in [3.63, 3.8) is 0 Å². The molecule has 0 aliphatic heterocycles. The zero-order valence-electron chi connectivity index (χ0n) is 9.94. The molecule has 0 aromatic heterocycles. The third kappa shape index (κ3) is 2.74. The average molecular weight is 243 g/mol. The predicted octanol–water partition coefficient (Wildman–Crippen LogP) is 1.29. The van der Waals surface area contributed by atoms with Crippen LogP contribution in [-0.4, -0.2) is 21.8 Å². The molecule has 0 aliphatic rings. The first-order valence-electron chi connectivity index (χ1n) is 4.83. The van der Waals surface area contributed by atoms with Crippen LogP contribution in [0.15, 0.2) is 23.1 Å². The van der Waals surface area contributed by atoms with E-state index in [0.717, 1.165) is 11.8 Å². The Labute approximate surface area is 96.3 Å². The minimum atomic E-state index is -3.27. The molecule has 0 radical (unpaired) electrons. The Morgan fingerprint density at radius 1 is 1.31 bits per heavy atom. The van der Waals surface area contributed by atoms with Crippen molar-refractivity contribution < 1.29 is 13.2 Å². The molecular weight excluding hydrogens is 226 g/mol. The fourth-order valence-electron chi connectivity index (χ4n) is 1.37. The third-order valence-electron chi connectivity index (χ3n) is 2.31. The lowest BCUT2D eigenvalue weighted by molar-refractivity contribution is 0.400. The highest BCUT2D eigenvalue weighted by Gasteiger charge is 2.19. The van der Waals surface area contributed by atoms with Gasteiger partial charge in [0.05, 0.1) is 7.11 Å². The van der Waals surface area contributed by atoms with Gasteiger partial charge in [0.2, 0.25) is 0 Å². The van der Waals surface area contributed by atoms with Crippen LogP contribution in [0.4, 0.5) is 0 Å². The summed E-state index contributed by atoms with van der Waals surface area (Å²) in [7, 11) is -1.83. The molecule has 1 aromatic rings. The van der Waals surface area contributed by atoms with Crippen molar-refractivity contribution in [1.29, 1.82) is 0 Å². The van der Waals surface area contributed by atoms with E-state index in [2.05, 4.69) is 0 Å². The molecule has 1 aromatic carbocycles. The lowest BCUT2D eigenvalue weighted by Crippen LogP contribution is -2.28. The average Bonchev–Trinajstić information content (AvgIpc) is 2.14. The van der Waals surface area contributed by atoms with Crippen LogP contribution in [0.3, 0.4) is 0 Å². The Morgan fingerprint density at radius 2 is 1.88 bits per heavy atom. The quantitative estimate of drug-likeness (QED) is 0.868. The van der Waals surface area contributed by atoms with E-state index in [1.165, 1.54) is 13.2 Å². The molecule has 0 amide bonds. The van der Waals surface area contributed by atoms with E-state index in [4.69, 9.17) is 10.5 Å².